The number of rotatable bonds is 7. The summed E-state index contributed by atoms with van der Waals surface area (Å²) < 4.78 is 0. The van der Waals surface area contributed by atoms with Crippen molar-refractivity contribution < 1.29 is 14.4 Å². The van der Waals surface area contributed by atoms with E-state index in [0.717, 1.165) is 18.7 Å². The van der Waals surface area contributed by atoms with Crippen LogP contribution in [0.1, 0.15) is 32.3 Å². The molecule has 7 nitrogen and oxygen atoms in total. The van der Waals surface area contributed by atoms with Gasteiger partial charge in [0.25, 0.3) is 0 Å². The largest absolute Gasteiger partial charge is 0.340 e. The molecule has 0 bridgehead atoms. The molecule has 27 heavy (non-hydrogen) atoms. The molecule has 1 aliphatic rings. The van der Waals surface area contributed by atoms with Crippen LogP contribution in [-0.2, 0) is 16.1 Å². The maximum atomic E-state index is 12.1. The summed E-state index contributed by atoms with van der Waals surface area (Å²) in [5, 5.41) is 5.03. The van der Waals surface area contributed by atoms with E-state index in [1.54, 1.807) is 0 Å². The molecule has 1 heterocycles. The standard InChI is InChI=1S/C20H30N4O3/c1-16(2)14-19(26)24-12-10-23(11-13-24)9-8-18(25)22-20(27)21-15-17-6-4-3-5-7-17/h3-7,16H,8-15H2,1-2H3,(H2,21,22,25,27). The van der Waals surface area contributed by atoms with Gasteiger partial charge in [-0.2, -0.15) is 0 Å². The summed E-state index contributed by atoms with van der Waals surface area (Å²) in [6, 6.07) is 9.05. The van der Waals surface area contributed by atoms with Crippen molar-refractivity contribution in [3.05, 3.63) is 35.9 Å². The lowest BCUT2D eigenvalue weighted by Gasteiger charge is -2.35. The van der Waals surface area contributed by atoms with Crippen molar-refractivity contribution in [1.82, 2.24) is 20.4 Å². The van der Waals surface area contributed by atoms with Gasteiger partial charge in [-0.3, -0.25) is 19.8 Å². The molecule has 4 amide bonds. The number of benzene rings is 1. The molecule has 1 aromatic carbocycles. The van der Waals surface area contributed by atoms with Crippen LogP contribution in [0.3, 0.4) is 0 Å². The summed E-state index contributed by atoms with van der Waals surface area (Å²) in [5.74, 6) is 0.281. The number of carbonyl (C=O) groups is 3. The molecule has 0 saturated carbocycles. The molecule has 0 aromatic heterocycles. The van der Waals surface area contributed by atoms with Gasteiger partial charge in [-0.15, -0.1) is 0 Å². The zero-order chi connectivity index (χ0) is 19.6. The highest BCUT2D eigenvalue weighted by Gasteiger charge is 2.21. The molecule has 0 aliphatic carbocycles. The van der Waals surface area contributed by atoms with Gasteiger partial charge >= 0.3 is 6.03 Å². The summed E-state index contributed by atoms with van der Waals surface area (Å²) in [7, 11) is 0. The SMILES string of the molecule is CC(C)CC(=O)N1CCN(CCC(=O)NC(=O)NCc2ccccc2)CC1. The highest BCUT2D eigenvalue weighted by atomic mass is 16.2. The number of nitrogens with one attached hydrogen (secondary N) is 2. The van der Waals surface area contributed by atoms with E-state index in [2.05, 4.69) is 15.5 Å². The zero-order valence-electron chi connectivity index (χ0n) is 16.2. The minimum Gasteiger partial charge on any atom is -0.340 e. The first-order valence-electron chi connectivity index (χ1n) is 9.55. The van der Waals surface area contributed by atoms with Crippen molar-refractivity contribution in [3.63, 3.8) is 0 Å². The summed E-state index contributed by atoms with van der Waals surface area (Å²) in [6.07, 6.45) is 0.846. The van der Waals surface area contributed by atoms with Crippen molar-refractivity contribution in [3.8, 4) is 0 Å². The van der Waals surface area contributed by atoms with E-state index < -0.39 is 6.03 Å². The molecule has 0 unspecified atom stereocenters. The second kappa shape index (κ2) is 10.7. The molecule has 1 aliphatic heterocycles. The number of hydrogen-bond donors (Lipinski definition) is 2. The van der Waals surface area contributed by atoms with E-state index in [4.69, 9.17) is 0 Å². The first-order chi connectivity index (χ1) is 12.9. The average molecular weight is 374 g/mol. The Morgan fingerprint density at radius 3 is 2.33 bits per heavy atom. The van der Waals surface area contributed by atoms with Crippen LogP contribution in [0.15, 0.2) is 30.3 Å². The summed E-state index contributed by atoms with van der Waals surface area (Å²) in [6.45, 7) is 7.98. The van der Waals surface area contributed by atoms with E-state index in [1.165, 1.54) is 0 Å². The molecule has 0 radical (unpaired) electrons. The minimum absolute atomic E-state index is 0.206. The Bertz CT molecular complexity index is 625. The molecule has 148 valence electrons. The maximum absolute atomic E-state index is 12.1. The third-order valence-corrected chi connectivity index (χ3v) is 4.51. The smallest absolute Gasteiger partial charge is 0.321 e. The number of nitrogens with zero attached hydrogens (tertiary/aromatic N) is 2. The number of amides is 4. The summed E-state index contributed by atoms with van der Waals surface area (Å²) >= 11 is 0. The number of hydrogen-bond acceptors (Lipinski definition) is 4. The first-order valence-corrected chi connectivity index (χ1v) is 9.55. The molecule has 1 saturated heterocycles. The third-order valence-electron chi connectivity index (χ3n) is 4.51. The predicted molar refractivity (Wildman–Crippen MR) is 104 cm³/mol. The third kappa shape index (κ3) is 7.78. The second-order valence-corrected chi connectivity index (χ2v) is 7.29. The van der Waals surface area contributed by atoms with Crippen molar-refractivity contribution in [2.45, 2.75) is 33.2 Å². The lowest BCUT2D eigenvalue weighted by atomic mass is 10.1. The van der Waals surface area contributed by atoms with Crippen LogP contribution in [0.4, 0.5) is 4.79 Å². The molecular formula is C20H30N4O3. The fraction of sp³-hybridized carbons (Fsp3) is 0.550. The topological polar surface area (TPSA) is 81.8 Å². The zero-order valence-corrected chi connectivity index (χ0v) is 16.2. The number of carbonyl (C=O) groups excluding carboxylic acids is 3. The quantitative estimate of drug-likeness (QED) is 0.759. The van der Waals surface area contributed by atoms with Crippen LogP contribution >= 0.6 is 0 Å². The Balaban J connectivity index is 1.60. The maximum Gasteiger partial charge on any atom is 0.321 e. The number of piperazine rings is 1. The van der Waals surface area contributed by atoms with Crippen LogP contribution in [0.25, 0.3) is 0 Å². The van der Waals surface area contributed by atoms with E-state index in [-0.39, 0.29) is 18.2 Å². The van der Waals surface area contributed by atoms with E-state index in [9.17, 15) is 14.4 Å². The van der Waals surface area contributed by atoms with Gasteiger partial charge in [-0.1, -0.05) is 44.2 Å². The summed E-state index contributed by atoms with van der Waals surface area (Å²) in [5.41, 5.74) is 0.977. The molecule has 2 rings (SSSR count). The molecule has 0 atom stereocenters. The van der Waals surface area contributed by atoms with Crippen LogP contribution in [-0.4, -0.2) is 60.4 Å². The molecule has 2 N–H and O–H groups in total. The number of urea groups is 1. The normalized spacial score (nSPS) is 14.9. The molecule has 1 fully saturated rings. The molecule has 7 heteroatoms. The Morgan fingerprint density at radius 1 is 1.04 bits per heavy atom. The van der Waals surface area contributed by atoms with Crippen LogP contribution in [0.5, 0.6) is 0 Å². The second-order valence-electron chi connectivity index (χ2n) is 7.29. The van der Waals surface area contributed by atoms with Gasteiger partial charge in [0.1, 0.15) is 0 Å². The van der Waals surface area contributed by atoms with Gasteiger partial charge in [0.05, 0.1) is 0 Å². The first kappa shape index (κ1) is 20.9. The Kier molecular flexibility index (Phi) is 8.26. The van der Waals surface area contributed by atoms with Gasteiger partial charge in [0, 0.05) is 52.1 Å². The van der Waals surface area contributed by atoms with Crippen LogP contribution < -0.4 is 10.6 Å². The fourth-order valence-corrected chi connectivity index (χ4v) is 2.97. The molecule has 0 spiro atoms. The van der Waals surface area contributed by atoms with Crippen LogP contribution in [0, 0.1) is 5.92 Å². The fourth-order valence-electron chi connectivity index (χ4n) is 2.97. The van der Waals surface area contributed by atoms with Crippen molar-refractivity contribution in [1.29, 1.82) is 0 Å². The van der Waals surface area contributed by atoms with Gasteiger partial charge in [0.15, 0.2) is 0 Å². The van der Waals surface area contributed by atoms with Crippen molar-refractivity contribution in [2.75, 3.05) is 32.7 Å². The van der Waals surface area contributed by atoms with Gasteiger partial charge in [0.2, 0.25) is 11.8 Å². The lowest BCUT2D eigenvalue weighted by molar-refractivity contribution is -0.134. The predicted octanol–water partition coefficient (Wildman–Crippen LogP) is 1.59. The highest BCUT2D eigenvalue weighted by molar-refractivity contribution is 5.94. The van der Waals surface area contributed by atoms with Crippen LogP contribution in [0.2, 0.25) is 0 Å². The highest BCUT2D eigenvalue weighted by Crippen LogP contribution is 2.08. The Labute approximate surface area is 161 Å². The molecular weight excluding hydrogens is 344 g/mol. The van der Waals surface area contributed by atoms with E-state index in [1.807, 2.05) is 49.1 Å². The Morgan fingerprint density at radius 2 is 1.70 bits per heavy atom. The van der Waals surface area contributed by atoms with Gasteiger partial charge in [-0.05, 0) is 11.5 Å². The van der Waals surface area contributed by atoms with Gasteiger partial charge in [-0.25, -0.2) is 4.79 Å². The van der Waals surface area contributed by atoms with E-state index >= 15 is 0 Å². The number of imide groups is 1. The Hall–Kier alpha value is -2.41. The lowest BCUT2D eigenvalue weighted by Crippen LogP contribution is -2.49. The van der Waals surface area contributed by atoms with Crippen molar-refractivity contribution in [2.24, 2.45) is 5.92 Å². The molecule has 1 aromatic rings. The monoisotopic (exact) mass is 374 g/mol. The summed E-state index contributed by atoms with van der Waals surface area (Å²) in [4.78, 5) is 39.8. The van der Waals surface area contributed by atoms with Crippen molar-refractivity contribution >= 4 is 17.8 Å². The average Bonchev–Trinajstić information content (AvgIpc) is 2.65. The minimum atomic E-state index is -0.479. The van der Waals surface area contributed by atoms with Gasteiger partial charge < -0.3 is 10.2 Å². The van der Waals surface area contributed by atoms with E-state index in [0.29, 0.717) is 38.5 Å².